The smallest absolute Gasteiger partial charge is 0.0592 e. The molecule has 1 aromatic carbocycles. The highest BCUT2D eigenvalue weighted by Gasteiger charge is 2.05. The molecule has 0 aliphatic carbocycles. The molecule has 2 rings (SSSR count). The van der Waals surface area contributed by atoms with Gasteiger partial charge >= 0.3 is 0 Å². The molecule has 0 atom stereocenters. The second-order valence-electron chi connectivity index (χ2n) is 2.62. The van der Waals surface area contributed by atoms with Gasteiger partial charge in [0.25, 0.3) is 0 Å². The molecule has 0 fully saturated rings. The summed E-state index contributed by atoms with van der Waals surface area (Å²) >= 11 is 2.32. The molecule has 0 amide bonds. The first-order valence-electron chi connectivity index (χ1n) is 3.80. The maximum atomic E-state index is 3.15. The van der Waals surface area contributed by atoms with Gasteiger partial charge in [-0.25, -0.2) is 0 Å². The fourth-order valence-corrected chi connectivity index (χ4v) is 1.70. The highest BCUT2D eigenvalue weighted by atomic mass is 127. The maximum Gasteiger partial charge on any atom is 0.0592 e. The van der Waals surface area contributed by atoms with E-state index in [0.717, 1.165) is 6.54 Å². The third-order valence-corrected chi connectivity index (χ3v) is 2.43. The number of nitrogens with zero attached hydrogens (tertiary/aromatic N) is 1. The average molecular weight is 272 g/mol. The van der Waals surface area contributed by atoms with Crippen molar-refractivity contribution in [1.82, 2.24) is 5.43 Å². The molecule has 0 unspecified atom stereocenters. The molecule has 62 valence electrons. The van der Waals surface area contributed by atoms with Crippen molar-refractivity contribution in [3.8, 4) is 0 Å². The second-order valence-corrected chi connectivity index (χ2v) is 3.87. The maximum absolute atomic E-state index is 3.15. The monoisotopic (exact) mass is 272 g/mol. The quantitative estimate of drug-likeness (QED) is 0.788. The van der Waals surface area contributed by atoms with Crippen LogP contribution < -0.4 is 10.4 Å². The van der Waals surface area contributed by atoms with Gasteiger partial charge in [0.1, 0.15) is 0 Å². The third kappa shape index (κ3) is 1.55. The largest absolute Gasteiger partial charge is 0.306 e. The Kier molecular flexibility index (Phi) is 2.21. The molecule has 0 bridgehead atoms. The van der Waals surface area contributed by atoms with E-state index in [1.165, 1.54) is 9.26 Å². The van der Waals surface area contributed by atoms with E-state index in [2.05, 4.69) is 63.4 Å². The first kappa shape index (κ1) is 7.91. The minimum absolute atomic E-state index is 0.945. The van der Waals surface area contributed by atoms with Crippen molar-refractivity contribution < 1.29 is 0 Å². The third-order valence-electron chi connectivity index (χ3n) is 1.76. The van der Waals surface area contributed by atoms with E-state index in [1.807, 2.05) is 6.20 Å². The molecule has 1 N–H and O–H groups in total. The fraction of sp³-hybridized carbons (Fsp3) is 0.111. The summed E-state index contributed by atoms with van der Waals surface area (Å²) in [5.41, 5.74) is 4.36. The molecule has 3 heteroatoms. The summed E-state index contributed by atoms with van der Waals surface area (Å²) in [6.45, 7) is 0.945. The number of benzene rings is 1. The van der Waals surface area contributed by atoms with E-state index in [9.17, 15) is 0 Å². The lowest BCUT2D eigenvalue weighted by Gasteiger charge is -2.18. The summed E-state index contributed by atoms with van der Waals surface area (Å²) in [6, 6.07) is 8.41. The van der Waals surface area contributed by atoms with Crippen molar-refractivity contribution in [3.05, 3.63) is 40.1 Å². The van der Waals surface area contributed by atoms with Crippen LogP contribution in [0.1, 0.15) is 0 Å². The molecule has 0 aromatic heterocycles. The molecule has 1 aliphatic rings. The van der Waals surface area contributed by atoms with Gasteiger partial charge in [0.15, 0.2) is 0 Å². The number of nitrogens with one attached hydrogen (secondary N) is 1. The fourth-order valence-electron chi connectivity index (χ4n) is 1.18. The zero-order chi connectivity index (χ0) is 8.39. The Morgan fingerprint density at radius 3 is 3.00 bits per heavy atom. The summed E-state index contributed by atoms with van der Waals surface area (Å²) in [6.07, 6.45) is 4.06. The van der Waals surface area contributed by atoms with E-state index >= 15 is 0 Å². The summed E-state index contributed by atoms with van der Waals surface area (Å²) in [5.74, 6) is 0. The first-order valence-corrected chi connectivity index (χ1v) is 4.88. The molecule has 0 saturated heterocycles. The van der Waals surface area contributed by atoms with Crippen LogP contribution in [0.5, 0.6) is 0 Å². The topological polar surface area (TPSA) is 15.3 Å². The van der Waals surface area contributed by atoms with Gasteiger partial charge in [-0.2, -0.15) is 0 Å². The van der Waals surface area contributed by atoms with Crippen LogP contribution in [0, 0.1) is 3.57 Å². The van der Waals surface area contributed by atoms with Gasteiger partial charge < -0.3 is 5.43 Å². The lowest BCUT2D eigenvalue weighted by Crippen LogP contribution is -2.29. The molecule has 12 heavy (non-hydrogen) atoms. The van der Waals surface area contributed by atoms with Crippen LogP contribution in [-0.2, 0) is 0 Å². The molecule has 0 saturated carbocycles. The first-order chi connectivity index (χ1) is 5.86. The van der Waals surface area contributed by atoms with E-state index in [1.54, 1.807) is 0 Å². The van der Waals surface area contributed by atoms with Crippen LogP contribution in [0.15, 0.2) is 36.5 Å². The predicted octanol–water partition coefficient (Wildman–Crippen LogP) is 2.13. The van der Waals surface area contributed by atoms with Crippen molar-refractivity contribution in [2.24, 2.45) is 0 Å². The van der Waals surface area contributed by atoms with E-state index in [0.29, 0.717) is 0 Å². The molecule has 0 spiro atoms. The molecule has 1 aromatic rings. The molecule has 2 nitrogen and oxygen atoms in total. The minimum Gasteiger partial charge on any atom is -0.306 e. The Hall–Kier alpha value is -0.710. The summed E-state index contributed by atoms with van der Waals surface area (Å²) in [5, 5.41) is 2.10. The summed E-state index contributed by atoms with van der Waals surface area (Å²) in [7, 11) is 0. The van der Waals surface area contributed by atoms with Crippen LogP contribution in [0.3, 0.4) is 0 Å². The SMILES string of the molecule is Ic1cccc(N2CC=CN2)c1. The summed E-state index contributed by atoms with van der Waals surface area (Å²) < 4.78 is 1.26. The van der Waals surface area contributed by atoms with E-state index < -0.39 is 0 Å². The Balaban J connectivity index is 2.22. The van der Waals surface area contributed by atoms with Gasteiger partial charge in [0.05, 0.1) is 12.2 Å². The van der Waals surface area contributed by atoms with Gasteiger partial charge in [-0.05, 0) is 46.9 Å². The number of hydrazine groups is 1. The zero-order valence-electron chi connectivity index (χ0n) is 6.50. The normalized spacial score (nSPS) is 14.9. The Morgan fingerprint density at radius 1 is 1.42 bits per heavy atom. The van der Waals surface area contributed by atoms with Gasteiger partial charge in [-0.15, -0.1) is 0 Å². The van der Waals surface area contributed by atoms with E-state index in [-0.39, 0.29) is 0 Å². The number of anilines is 1. The number of hydrogen-bond acceptors (Lipinski definition) is 2. The molecular weight excluding hydrogens is 263 g/mol. The van der Waals surface area contributed by atoms with Crippen molar-refractivity contribution in [1.29, 1.82) is 0 Å². The second kappa shape index (κ2) is 3.35. The Labute approximate surface area is 85.4 Å². The van der Waals surface area contributed by atoms with Gasteiger partial charge in [-0.3, -0.25) is 5.01 Å². The number of halogens is 1. The lowest BCUT2D eigenvalue weighted by atomic mass is 10.3. The van der Waals surface area contributed by atoms with Crippen molar-refractivity contribution >= 4 is 28.3 Å². The van der Waals surface area contributed by atoms with E-state index in [4.69, 9.17) is 0 Å². The van der Waals surface area contributed by atoms with Gasteiger partial charge in [0, 0.05) is 9.77 Å². The van der Waals surface area contributed by atoms with Gasteiger partial charge in [-0.1, -0.05) is 6.07 Å². The summed E-state index contributed by atoms with van der Waals surface area (Å²) in [4.78, 5) is 0. The van der Waals surface area contributed by atoms with Crippen LogP contribution in [-0.4, -0.2) is 6.54 Å². The van der Waals surface area contributed by atoms with Crippen LogP contribution in [0.4, 0.5) is 5.69 Å². The molecule has 0 radical (unpaired) electrons. The highest BCUT2D eigenvalue weighted by molar-refractivity contribution is 14.1. The standard InChI is InChI=1S/C9H9IN2/c10-8-3-1-4-9(7-8)12-6-2-5-11-12/h1-5,7,11H,6H2. The number of hydrogen-bond donors (Lipinski definition) is 1. The van der Waals surface area contributed by atoms with Crippen LogP contribution in [0.25, 0.3) is 0 Å². The zero-order valence-corrected chi connectivity index (χ0v) is 8.65. The van der Waals surface area contributed by atoms with Gasteiger partial charge in [0.2, 0.25) is 0 Å². The Bertz CT molecular complexity index is 301. The average Bonchev–Trinajstić information content (AvgIpc) is 2.56. The van der Waals surface area contributed by atoms with Crippen molar-refractivity contribution in [3.63, 3.8) is 0 Å². The van der Waals surface area contributed by atoms with Crippen molar-refractivity contribution in [2.75, 3.05) is 11.6 Å². The molecular formula is C9H9IN2. The van der Waals surface area contributed by atoms with Crippen LogP contribution in [0.2, 0.25) is 0 Å². The number of rotatable bonds is 1. The minimum atomic E-state index is 0.945. The Morgan fingerprint density at radius 2 is 2.33 bits per heavy atom. The highest BCUT2D eigenvalue weighted by Crippen LogP contribution is 2.17. The van der Waals surface area contributed by atoms with Crippen LogP contribution >= 0.6 is 22.6 Å². The lowest BCUT2D eigenvalue weighted by molar-refractivity contribution is 0.840. The predicted molar refractivity (Wildman–Crippen MR) is 58.8 cm³/mol. The molecule has 1 heterocycles. The molecule has 1 aliphatic heterocycles. The van der Waals surface area contributed by atoms with Crippen molar-refractivity contribution in [2.45, 2.75) is 0 Å².